The SMILES string of the molecule is Cc1ccc(I(N(S(=O)(=O)c2ccc(C)cc2)S(=O)(=O)c2ccc(C)cc2)N(S(=O)(=O)c2ccc(C)cc2)S(=O)(=O)c2ccc(C)cc2)cc1. The van der Waals surface area contributed by atoms with Crippen molar-refractivity contribution in [2.45, 2.75) is 54.2 Å². The molecule has 0 aliphatic carbocycles. The number of nitrogens with zero attached hydrogens (tertiary/aromatic N) is 2. The number of aryl methyl sites for hydroxylation is 5. The van der Waals surface area contributed by atoms with Gasteiger partial charge in [-0.2, -0.15) is 0 Å². The van der Waals surface area contributed by atoms with Gasteiger partial charge in [0, 0.05) is 0 Å². The zero-order chi connectivity index (χ0) is 36.6. The number of hydrogen-bond donors (Lipinski definition) is 0. The van der Waals surface area contributed by atoms with Gasteiger partial charge in [0.15, 0.2) is 0 Å². The van der Waals surface area contributed by atoms with Gasteiger partial charge in [0.25, 0.3) is 0 Å². The molecule has 0 saturated carbocycles. The number of rotatable bonds is 11. The van der Waals surface area contributed by atoms with Crippen LogP contribution in [-0.2, 0) is 40.1 Å². The van der Waals surface area contributed by atoms with E-state index in [9.17, 15) is 33.7 Å². The van der Waals surface area contributed by atoms with E-state index in [0.717, 1.165) is 0 Å². The van der Waals surface area contributed by atoms with Gasteiger partial charge < -0.3 is 0 Å². The van der Waals surface area contributed by atoms with E-state index >= 15 is 0 Å². The standard InChI is InChI=1S/C35H35IN2O8S4/c1-26-6-16-31(17-7-26)36(37(47(39,40)32-18-8-27(2)9-19-32)48(41,42)33-20-10-28(3)11-21-33)38(49(43,44)34-22-12-29(4)13-23-34)50(45,46)35-24-14-30(5)15-25-35/h6-25H,1-5H3. The summed E-state index contributed by atoms with van der Waals surface area (Å²) in [5.74, 6) is 0. The van der Waals surface area contributed by atoms with Gasteiger partial charge in [0.1, 0.15) is 0 Å². The van der Waals surface area contributed by atoms with E-state index in [4.69, 9.17) is 0 Å². The summed E-state index contributed by atoms with van der Waals surface area (Å²) in [4.78, 5) is -1.86. The Balaban J connectivity index is 1.97. The quantitative estimate of drug-likeness (QED) is 0.103. The Labute approximate surface area is 302 Å². The van der Waals surface area contributed by atoms with Crippen LogP contribution < -0.4 is 0 Å². The first-order chi connectivity index (χ1) is 23.4. The summed E-state index contributed by atoms with van der Waals surface area (Å²) < 4.78 is 119. The van der Waals surface area contributed by atoms with Gasteiger partial charge in [-0.25, -0.2) is 0 Å². The van der Waals surface area contributed by atoms with Gasteiger partial charge in [-0.05, 0) is 0 Å². The van der Waals surface area contributed by atoms with Gasteiger partial charge >= 0.3 is 305 Å². The molecule has 10 nitrogen and oxygen atoms in total. The van der Waals surface area contributed by atoms with Gasteiger partial charge in [0.05, 0.1) is 0 Å². The van der Waals surface area contributed by atoms with Crippen molar-refractivity contribution in [1.82, 2.24) is 3.85 Å². The van der Waals surface area contributed by atoms with Crippen LogP contribution in [0.3, 0.4) is 0 Å². The number of sulfonamides is 4. The van der Waals surface area contributed by atoms with Gasteiger partial charge in [0.2, 0.25) is 0 Å². The van der Waals surface area contributed by atoms with Crippen molar-refractivity contribution < 1.29 is 33.7 Å². The molecule has 0 atom stereocenters. The molecule has 264 valence electrons. The van der Waals surface area contributed by atoms with Gasteiger partial charge in [-0.3, -0.25) is 0 Å². The van der Waals surface area contributed by atoms with E-state index in [1.54, 1.807) is 46.8 Å². The van der Waals surface area contributed by atoms with Crippen molar-refractivity contribution in [3.63, 3.8) is 0 Å². The Bertz CT molecular complexity index is 2150. The molecular weight excluding hydrogens is 832 g/mol. The molecule has 5 rings (SSSR count). The summed E-state index contributed by atoms with van der Waals surface area (Å²) in [5, 5.41) is 0. The van der Waals surface area contributed by atoms with E-state index in [1.807, 2.05) is 0 Å². The molecule has 0 aliphatic heterocycles. The number of hydrogen-bond acceptors (Lipinski definition) is 8. The summed E-state index contributed by atoms with van der Waals surface area (Å²) in [5.41, 5.74) is 3.40. The fraction of sp³-hybridized carbons (Fsp3) is 0.143. The molecule has 0 heterocycles. The maximum atomic E-state index is 14.9. The van der Waals surface area contributed by atoms with E-state index < -0.39 is 80.0 Å². The van der Waals surface area contributed by atoms with E-state index in [-0.39, 0.29) is 7.42 Å². The van der Waals surface area contributed by atoms with Crippen LogP contribution in [0.25, 0.3) is 0 Å². The molecule has 0 aliphatic rings. The van der Waals surface area contributed by atoms with Gasteiger partial charge in [-0.1, -0.05) is 0 Å². The van der Waals surface area contributed by atoms with E-state index in [0.29, 0.717) is 27.8 Å². The van der Waals surface area contributed by atoms with Crippen molar-refractivity contribution in [3.8, 4) is 0 Å². The first-order valence-electron chi connectivity index (χ1n) is 15.0. The van der Waals surface area contributed by atoms with Crippen LogP contribution in [-0.4, -0.2) is 37.5 Å². The fourth-order valence-electron chi connectivity index (χ4n) is 4.63. The molecule has 5 aromatic carbocycles. The second kappa shape index (κ2) is 14.3. The molecule has 15 heteroatoms. The summed E-state index contributed by atoms with van der Waals surface area (Å²) in [7, 11) is -20.8. The summed E-state index contributed by atoms with van der Waals surface area (Å²) in [6, 6.07) is 27.3. The molecule has 0 N–H and O–H groups in total. The normalized spacial score (nSPS) is 13.1. The van der Waals surface area contributed by atoms with Crippen molar-refractivity contribution in [2.75, 3.05) is 0 Å². The molecule has 0 saturated heterocycles. The molecule has 0 amide bonds. The molecule has 5 aromatic rings. The topological polar surface area (TPSA) is 143 Å². The molecule has 0 aromatic heterocycles. The second-order valence-electron chi connectivity index (χ2n) is 11.6. The van der Waals surface area contributed by atoms with Gasteiger partial charge in [-0.15, -0.1) is 0 Å². The zero-order valence-corrected chi connectivity index (χ0v) is 33.1. The average molecular weight is 867 g/mol. The van der Waals surface area contributed by atoms with Crippen LogP contribution in [0.4, 0.5) is 0 Å². The Kier molecular flexibility index (Phi) is 10.8. The summed E-state index contributed by atoms with van der Waals surface area (Å²) >= 11 is -5.04. The minimum absolute atomic E-state index is 0.0856. The molecule has 50 heavy (non-hydrogen) atoms. The fourth-order valence-corrected chi connectivity index (χ4v) is 26.7. The maximum absolute atomic E-state index is 14.9. The van der Waals surface area contributed by atoms with Crippen molar-refractivity contribution in [3.05, 3.63) is 153 Å². The summed E-state index contributed by atoms with van der Waals surface area (Å²) in [6.07, 6.45) is 0. The van der Waals surface area contributed by atoms with Crippen LogP contribution in [0.1, 0.15) is 27.8 Å². The molecule has 0 radical (unpaired) electrons. The Hall–Kier alpha value is -3.45. The molecule has 0 bridgehead atoms. The van der Waals surface area contributed by atoms with Crippen LogP contribution in [0, 0.1) is 38.2 Å². The molecule has 0 spiro atoms. The van der Waals surface area contributed by atoms with Crippen molar-refractivity contribution in [1.29, 1.82) is 0 Å². The zero-order valence-electron chi connectivity index (χ0n) is 27.7. The second-order valence-corrected chi connectivity index (χ2v) is 26.4. The third kappa shape index (κ3) is 7.44. The molecular formula is C35H35IN2O8S4. The minimum atomic E-state index is -5.19. The summed E-state index contributed by atoms with van der Waals surface area (Å²) in [6.45, 7) is 8.59. The number of halogens is 1. The van der Waals surface area contributed by atoms with Crippen LogP contribution in [0.15, 0.2) is 141 Å². The molecule has 0 unspecified atom stereocenters. The van der Waals surface area contributed by atoms with Crippen molar-refractivity contribution >= 4 is 60.5 Å². The Morgan fingerprint density at radius 1 is 0.320 bits per heavy atom. The van der Waals surface area contributed by atoms with Crippen LogP contribution in [0.5, 0.6) is 0 Å². The predicted octanol–water partition coefficient (Wildman–Crippen LogP) is 6.89. The molecule has 0 fully saturated rings. The van der Waals surface area contributed by atoms with Crippen LogP contribution in [0.2, 0.25) is 0 Å². The van der Waals surface area contributed by atoms with Crippen LogP contribution >= 0.6 is 20.4 Å². The third-order valence-corrected chi connectivity index (χ3v) is 27.9. The first-order valence-corrected chi connectivity index (χ1v) is 23.8. The van der Waals surface area contributed by atoms with Crippen molar-refractivity contribution in [2.24, 2.45) is 0 Å². The average Bonchev–Trinajstić information content (AvgIpc) is 3.05. The third-order valence-electron chi connectivity index (χ3n) is 7.50. The first kappa shape index (κ1) is 37.8. The van der Waals surface area contributed by atoms with E-state index in [1.165, 1.54) is 109 Å². The monoisotopic (exact) mass is 866 g/mol. The Morgan fingerprint density at radius 2 is 0.500 bits per heavy atom. The van der Waals surface area contributed by atoms with E-state index in [2.05, 4.69) is 0 Å². The predicted molar refractivity (Wildman–Crippen MR) is 201 cm³/mol. The Morgan fingerprint density at radius 3 is 0.700 bits per heavy atom. The number of benzene rings is 5.